The van der Waals surface area contributed by atoms with Crippen LogP contribution in [0.4, 0.5) is 0 Å². The molecule has 0 aromatic heterocycles. The zero-order valence-corrected chi connectivity index (χ0v) is 18.6. The highest BCUT2D eigenvalue weighted by Gasteiger charge is 2.38. The lowest BCUT2D eigenvalue weighted by Crippen LogP contribution is -2.72. The van der Waals surface area contributed by atoms with E-state index in [1.54, 1.807) is 0 Å². The lowest BCUT2D eigenvalue weighted by atomic mass is 9.80. The van der Waals surface area contributed by atoms with Crippen molar-refractivity contribution in [3.8, 4) is 0 Å². The van der Waals surface area contributed by atoms with Gasteiger partial charge in [-0.05, 0) is 55.4 Å². The highest BCUT2D eigenvalue weighted by molar-refractivity contribution is 4.97. The molecule has 0 radical (unpaired) electrons. The molecule has 158 valence electrons. The summed E-state index contributed by atoms with van der Waals surface area (Å²) >= 11 is 0. The molecule has 0 spiro atoms. The number of rotatable bonds is 1. The van der Waals surface area contributed by atoms with Gasteiger partial charge < -0.3 is 32.3 Å². The minimum atomic E-state index is -0.486. The summed E-state index contributed by atoms with van der Waals surface area (Å²) < 4.78 is 0. The Bertz CT molecular complexity index is 339. The SMILES string of the molecule is CC1(C)CC([NH3+])CC(C)(C)N1.CC1(C)CC([NH3+])CC(C)(C)N1.[O-]CC[O-]. The van der Waals surface area contributed by atoms with Crippen molar-refractivity contribution in [1.29, 1.82) is 0 Å². The van der Waals surface area contributed by atoms with E-state index in [0.717, 1.165) is 0 Å². The van der Waals surface area contributed by atoms with Gasteiger partial charge in [0.1, 0.15) is 0 Å². The van der Waals surface area contributed by atoms with Gasteiger partial charge in [-0.15, -0.1) is 0 Å². The summed E-state index contributed by atoms with van der Waals surface area (Å²) in [6.07, 6.45) is 4.76. The summed E-state index contributed by atoms with van der Waals surface area (Å²) in [6.45, 7) is 17.1. The van der Waals surface area contributed by atoms with Gasteiger partial charge in [-0.25, -0.2) is 0 Å². The molecule has 0 aromatic rings. The Morgan fingerprint density at radius 2 is 0.808 bits per heavy atom. The van der Waals surface area contributed by atoms with Gasteiger partial charge in [-0.2, -0.15) is 13.2 Å². The molecule has 0 atom stereocenters. The largest absolute Gasteiger partial charge is 0.855 e. The number of quaternary nitrogens is 2. The Morgan fingerprint density at radius 1 is 0.615 bits per heavy atom. The summed E-state index contributed by atoms with van der Waals surface area (Å²) in [4.78, 5) is 0. The van der Waals surface area contributed by atoms with Crippen molar-refractivity contribution in [2.75, 3.05) is 13.2 Å². The van der Waals surface area contributed by atoms with E-state index >= 15 is 0 Å². The van der Waals surface area contributed by atoms with Gasteiger partial charge in [-0.1, -0.05) is 0 Å². The predicted octanol–water partition coefficient (Wildman–Crippen LogP) is -1.22. The maximum Gasteiger partial charge on any atom is 0.0878 e. The van der Waals surface area contributed by atoms with Crippen LogP contribution in [0.1, 0.15) is 81.1 Å². The average molecular weight is 375 g/mol. The lowest BCUT2D eigenvalue weighted by Gasteiger charge is -2.43. The van der Waals surface area contributed by atoms with Crippen LogP contribution in [0, 0.1) is 0 Å². The highest BCUT2D eigenvalue weighted by atomic mass is 16.3. The van der Waals surface area contributed by atoms with E-state index in [9.17, 15) is 0 Å². The van der Waals surface area contributed by atoms with E-state index in [2.05, 4.69) is 77.5 Å². The first-order valence-corrected chi connectivity index (χ1v) is 9.94. The topological polar surface area (TPSA) is 125 Å². The van der Waals surface area contributed by atoms with Crippen molar-refractivity contribution in [1.82, 2.24) is 10.6 Å². The smallest absolute Gasteiger partial charge is 0.0878 e. The van der Waals surface area contributed by atoms with Crippen molar-refractivity contribution < 1.29 is 21.7 Å². The molecule has 0 unspecified atom stereocenters. The van der Waals surface area contributed by atoms with Crippen LogP contribution < -0.4 is 32.3 Å². The van der Waals surface area contributed by atoms with Gasteiger partial charge >= 0.3 is 0 Å². The van der Waals surface area contributed by atoms with Crippen LogP contribution in [0.2, 0.25) is 0 Å². The van der Waals surface area contributed by atoms with Gasteiger partial charge in [0, 0.05) is 47.8 Å². The van der Waals surface area contributed by atoms with Crippen molar-refractivity contribution in [3.05, 3.63) is 0 Å². The van der Waals surface area contributed by atoms with Crippen LogP contribution in [0.3, 0.4) is 0 Å². The summed E-state index contributed by atoms with van der Waals surface area (Å²) in [6, 6.07) is 1.22. The minimum absolute atomic E-state index is 0.272. The van der Waals surface area contributed by atoms with Crippen molar-refractivity contribution in [2.45, 2.75) is 115 Å². The molecular formula is C20H46N4O2. The van der Waals surface area contributed by atoms with Crippen molar-refractivity contribution in [2.24, 2.45) is 0 Å². The molecule has 26 heavy (non-hydrogen) atoms. The third-order valence-corrected chi connectivity index (χ3v) is 4.63. The predicted molar refractivity (Wildman–Crippen MR) is 104 cm³/mol. The van der Waals surface area contributed by atoms with E-state index in [1.807, 2.05) is 0 Å². The van der Waals surface area contributed by atoms with Gasteiger partial charge in [0.2, 0.25) is 0 Å². The molecule has 2 fully saturated rings. The molecule has 0 bridgehead atoms. The van der Waals surface area contributed by atoms with E-state index in [1.165, 1.54) is 25.7 Å². The fraction of sp³-hybridized carbons (Fsp3) is 1.00. The fourth-order valence-electron chi connectivity index (χ4n) is 5.07. The second-order valence-electron chi connectivity index (χ2n) is 10.7. The molecule has 2 heterocycles. The molecule has 8 N–H and O–H groups in total. The summed E-state index contributed by atoms with van der Waals surface area (Å²) in [5.41, 5.74) is 9.39. The Morgan fingerprint density at radius 3 is 0.923 bits per heavy atom. The van der Waals surface area contributed by atoms with Crippen LogP contribution in [-0.2, 0) is 0 Å². The van der Waals surface area contributed by atoms with Gasteiger partial charge in [-0.3, -0.25) is 0 Å². The van der Waals surface area contributed by atoms with Crippen LogP contribution in [-0.4, -0.2) is 47.5 Å². The zero-order valence-electron chi connectivity index (χ0n) is 18.6. The van der Waals surface area contributed by atoms with Crippen molar-refractivity contribution >= 4 is 0 Å². The minimum Gasteiger partial charge on any atom is -0.855 e. The van der Waals surface area contributed by atoms with Crippen LogP contribution in [0.5, 0.6) is 0 Å². The molecule has 2 aliphatic rings. The monoisotopic (exact) mass is 374 g/mol. The summed E-state index contributed by atoms with van der Waals surface area (Å²) in [7, 11) is 0. The Hall–Kier alpha value is -0.240. The van der Waals surface area contributed by atoms with E-state index in [-0.39, 0.29) is 22.2 Å². The number of piperidine rings is 2. The quantitative estimate of drug-likeness (QED) is 0.459. The van der Waals surface area contributed by atoms with Crippen LogP contribution in [0.15, 0.2) is 0 Å². The molecule has 0 aromatic carbocycles. The van der Waals surface area contributed by atoms with Crippen LogP contribution in [0.25, 0.3) is 0 Å². The molecule has 0 saturated carbocycles. The third-order valence-electron chi connectivity index (χ3n) is 4.63. The van der Waals surface area contributed by atoms with Gasteiger partial charge in [0.25, 0.3) is 0 Å². The molecule has 6 heteroatoms. The lowest BCUT2D eigenvalue weighted by molar-refractivity contribution is -0.453. The second-order valence-corrected chi connectivity index (χ2v) is 10.7. The van der Waals surface area contributed by atoms with Crippen LogP contribution >= 0.6 is 0 Å². The summed E-state index contributed by atoms with van der Waals surface area (Å²) in [5, 5.41) is 25.2. The first kappa shape index (κ1) is 25.8. The Labute approximate surface area is 161 Å². The Kier molecular flexibility index (Phi) is 9.71. The normalized spacial score (nSPS) is 26.8. The first-order valence-electron chi connectivity index (χ1n) is 9.94. The van der Waals surface area contributed by atoms with E-state index < -0.39 is 13.2 Å². The number of hydrogen-bond donors (Lipinski definition) is 4. The van der Waals surface area contributed by atoms with E-state index in [0.29, 0.717) is 12.1 Å². The number of nitrogens with one attached hydrogen (secondary N) is 2. The molecular weight excluding hydrogens is 328 g/mol. The average Bonchev–Trinajstić information content (AvgIpc) is 2.30. The molecule has 2 rings (SSSR count). The van der Waals surface area contributed by atoms with Gasteiger partial charge in [0.05, 0.1) is 12.1 Å². The maximum absolute atomic E-state index is 8.99. The molecule has 0 aliphatic carbocycles. The maximum atomic E-state index is 8.99. The second kappa shape index (κ2) is 9.80. The van der Waals surface area contributed by atoms with E-state index in [4.69, 9.17) is 10.2 Å². The molecule has 0 amide bonds. The fourth-order valence-corrected chi connectivity index (χ4v) is 5.07. The summed E-state index contributed by atoms with van der Waals surface area (Å²) in [5.74, 6) is 0. The van der Waals surface area contributed by atoms with Crippen molar-refractivity contribution in [3.63, 3.8) is 0 Å². The molecule has 2 saturated heterocycles. The van der Waals surface area contributed by atoms with Gasteiger partial charge in [0.15, 0.2) is 0 Å². The first-order chi connectivity index (χ1) is 11.5. The molecule has 2 aliphatic heterocycles. The highest BCUT2D eigenvalue weighted by Crippen LogP contribution is 2.27. The standard InChI is InChI=1S/2C9H20N2.C2H4O2/c2*1-8(2)5-7(10)6-9(3,4)11-8;3-1-2-4/h2*7,11H,5-6,10H2,1-4H3;1-2H2/q;;-2/p+2. The Balaban J connectivity index is 0.000000401. The molecule has 6 nitrogen and oxygen atoms in total. The number of hydrogen-bond acceptors (Lipinski definition) is 4. The zero-order chi connectivity index (χ0) is 20.8. The third kappa shape index (κ3) is 11.5.